The molecular formula is C13H23NO. The van der Waals surface area contributed by atoms with Crippen LogP contribution in [0.2, 0.25) is 0 Å². The van der Waals surface area contributed by atoms with Gasteiger partial charge in [-0.05, 0) is 51.5 Å². The summed E-state index contributed by atoms with van der Waals surface area (Å²) in [6.07, 6.45) is 11.4. The van der Waals surface area contributed by atoms with Crippen LogP contribution in [0.3, 0.4) is 0 Å². The molecule has 86 valence electrons. The van der Waals surface area contributed by atoms with E-state index < -0.39 is 0 Å². The Morgan fingerprint density at radius 3 is 3.00 bits per heavy atom. The molecule has 0 aromatic carbocycles. The maximum Gasteiger partial charge on any atom is 0.0561 e. The zero-order chi connectivity index (χ0) is 10.5. The molecule has 2 nitrogen and oxygen atoms in total. The molecule has 3 unspecified atom stereocenters. The van der Waals surface area contributed by atoms with Crippen LogP contribution in [0.5, 0.6) is 0 Å². The Bertz CT molecular complexity index is 215. The molecule has 0 aromatic rings. The number of nitrogens with one attached hydrogen (secondary N) is 1. The van der Waals surface area contributed by atoms with Crippen LogP contribution in [0, 0.1) is 5.92 Å². The molecule has 1 aliphatic carbocycles. The molecule has 0 bridgehead atoms. The second-order valence-electron chi connectivity index (χ2n) is 4.96. The number of hydrogen-bond acceptors (Lipinski definition) is 2. The molecule has 2 aliphatic rings. The number of allylic oxidation sites excluding steroid dienone is 2. The quantitative estimate of drug-likeness (QED) is 0.721. The highest BCUT2D eigenvalue weighted by Gasteiger charge is 2.19. The Morgan fingerprint density at radius 2 is 2.27 bits per heavy atom. The van der Waals surface area contributed by atoms with E-state index in [0.717, 1.165) is 12.5 Å². The molecule has 1 aliphatic heterocycles. The van der Waals surface area contributed by atoms with Crippen LogP contribution in [0.25, 0.3) is 0 Å². The summed E-state index contributed by atoms with van der Waals surface area (Å²) in [5.41, 5.74) is 0. The van der Waals surface area contributed by atoms with Gasteiger partial charge in [-0.3, -0.25) is 0 Å². The van der Waals surface area contributed by atoms with Crippen molar-refractivity contribution in [2.75, 3.05) is 13.2 Å². The molecule has 1 N–H and O–H groups in total. The topological polar surface area (TPSA) is 21.3 Å². The summed E-state index contributed by atoms with van der Waals surface area (Å²) in [6, 6.07) is 0.694. The van der Waals surface area contributed by atoms with Gasteiger partial charge in [0.2, 0.25) is 0 Å². The van der Waals surface area contributed by atoms with Gasteiger partial charge < -0.3 is 10.1 Å². The van der Waals surface area contributed by atoms with Crippen LogP contribution in [0.4, 0.5) is 0 Å². The van der Waals surface area contributed by atoms with Crippen molar-refractivity contribution in [1.82, 2.24) is 5.32 Å². The van der Waals surface area contributed by atoms with Crippen molar-refractivity contribution >= 4 is 0 Å². The number of rotatable bonds is 3. The van der Waals surface area contributed by atoms with Crippen molar-refractivity contribution < 1.29 is 4.74 Å². The Hall–Kier alpha value is -0.340. The number of ether oxygens (including phenoxy) is 1. The van der Waals surface area contributed by atoms with Gasteiger partial charge in [-0.15, -0.1) is 0 Å². The van der Waals surface area contributed by atoms with Crippen molar-refractivity contribution in [3.05, 3.63) is 12.2 Å². The fourth-order valence-corrected chi connectivity index (χ4v) is 2.56. The van der Waals surface area contributed by atoms with E-state index in [0.29, 0.717) is 12.1 Å². The molecule has 0 spiro atoms. The van der Waals surface area contributed by atoms with Gasteiger partial charge in [-0.1, -0.05) is 12.2 Å². The molecule has 3 atom stereocenters. The first-order chi connectivity index (χ1) is 7.34. The molecule has 1 saturated heterocycles. The minimum absolute atomic E-state index is 0.447. The van der Waals surface area contributed by atoms with Gasteiger partial charge in [0.05, 0.1) is 6.10 Å². The SMILES string of the molecule is CC1CC(NCC2CC=CCC2)CCO1. The van der Waals surface area contributed by atoms with Crippen molar-refractivity contribution in [2.45, 2.75) is 51.2 Å². The Morgan fingerprint density at radius 1 is 1.33 bits per heavy atom. The fraction of sp³-hybridized carbons (Fsp3) is 0.846. The van der Waals surface area contributed by atoms with Crippen molar-refractivity contribution in [2.24, 2.45) is 5.92 Å². The standard InChI is InChI=1S/C13H23NO/c1-11-9-13(7-8-15-11)14-10-12-5-3-2-4-6-12/h2-3,11-14H,4-10H2,1H3. The lowest BCUT2D eigenvalue weighted by Crippen LogP contribution is -2.40. The lowest BCUT2D eigenvalue weighted by molar-refractivity contribution is 0.0126. The third-order valence-corrected chi connectivity index (χ3v) is 3.56. The Balaban J connectivity index is 1.66. The molecule has 0 radical (unpaired) electrons. The minimum Gasteiger partial charge on any atom is -0.378 e. The predicted octanol–water partition coefficient (Wildman–Crippen LogP) is 2.50. The summed E-state index contributed by atoms with van der Waals surface area (Å²) in [4.78, 5) is 0. The highest BCUT2D eigenvalue weighted by molar-refractivity contribution is 4.91. The molecule has 1 heterocycles. The molecular weight excluding hydrogens is 186 g/mol. The van der Waals surface area contributed by atoms with E-state index in [2.05, 4.69) is 24.4 Å². The Kier molecular flexibility index (Phi) is 4.21. The molecule has 1 fully saturated rings. The van der Waals surface area contributed by atoms with Gasteiger partial charge in [-0.2, -0.15) is 0 Å². The fourth-order valence-electron chi connectivity index (χ4n) is 2.56. The summed E-state index contributed by atoms with van der Waals surface area (Å²) in [5.74, 6) is 0.869. The van der Waals surface area contributed by atoms with Gasteiger partial charge >= 0.3 is 0 Å². The first kappa shape index (κ1) is 11.2. The lowest BCUT2D eigenvalue weighted by Gasteiger charge is -2.30. The van der Waals surface area contributed by atoms with Crippen molar-refractivity contribution in [3.63, 3.8) is 0 Å². The second kappa shape index (κ2) is 5.66. The zero-order valence-corrected chi connectivity index (χ0v) is 9.74. The van der Waals surface area contributed by atoms with E-state index in [1.165, 1.54) is 38.6 Å². The molecule has 0 saturated carbocycles. The minimum atomic E-state index is 0.447. The third kappa shape index (κ3) is 3.62. The molecule has 2 heteroatoms. The first-order valence-electron chi connectivity index (χ1n) is 6.34. The average molecular weight is 209 g/mol. The zero-order valence-electron chi connectivity index (χ0n) is 9.74. The van der Waals surface area contributed by atoms with Crippen LogP contribution in [0.15, 0.2) is 12.2 Å². The van der Waals surface area contributed by atoms with Gasteiger partial charge in [0, 0.05) is 12.6 Å². The Labute approximate surface area is 93.1 Å². The third-order valence-electron chi connectivity index (χ3n) is 3.56. The molecule has 2 rings (SSSR count). The van der Waals surface area contributed by atoms with Gasteiger partial charge in [-0.25, -0.2) is 0 Å². The highest BCUT2D eigenvalue weighted by atomic mass is 16.5. The average Bonchev–Trinajstić information content (AvgIpc) is 2.28. The van der Waals surface area contributed by atoms with Crippen molar-refractivity contribution in [1.29, 1.82) is 0 Å². The molecule has 0 amide bonds. The monoisotopic (exact) mass is 209 g/mol. The van der Waals surface area contributed by atoms with E-state index in [-0.39, 0.29) is 0 Å². The van der Waals surface area contributed by atoms with Crippen LogP contribution >= 0.6 is 0 Å². The maximum atomic E-state index is 5.55. The second-order valence-corrected chi connectivity index (χ2v) is 4.96. The summed E-state index contributed by atoms with van der Waals surface area (Å²) in [6.45, 7) is 4.31. The van der Waals surface area contributed by atoms with E-state index in [4.69, 9.17) is 4.74 Å². The van der Waals surface area contributed by atoms with Crippen LogP contribution < -0.4 is 5.32 Å². The smallest absolute Gasteiger partial charge is 0.0561 e. The van der Waals surface area contributed by atoms with Crippen LogP contribution in [-0.4, -0.2) is 25.3 Å². The number of hydrogen-bond donors (Lipinski definition) is 1. The summed E-state index contributed by atoms with van der Waals surface area (Å²) in [7, 11) is 0. The van der Waals surface area contributed by atoms with E-state index >= 15 is 0 Å². The first-order valence-corrected chi connectivity index (χ1v) is 6.34. The van der Waals surface area contributed by atoms with Gasteiger partial charge in [0.15, 0.2) is 0 Å². The van der Waals surface area contributed by atoms with E-state index in [1.807, 2.05) is 0 Å². The molecule has 15 heavy (non-hydrogen) atoms. The van der Waals surface area contributed by atoms with Crippen molar-refractivity contribution in [3.8, 4) is 0 Å². The van der Waals surface area contributed by atoms with Gasteiger partial charge in [0.1, 0.15) is 0 Å². The van der Waals surface area contributed by atoms with Crippen LogP contribution in [0.1, 0.15) is 39.0 Å². The summed E-state index contributed by atoms with van der Waals surface area (Å²) < 4.78 is 5.55. The van der Waals surface area contributed by atoms with Gasteiger partial charge in [0.25, 0.3) is 0 Å². The van der Waals surface area contributed by atoms with E-state index in [9.17, 15) is 0 Å². The maximum absolute atomic E-state index is 5.55. The summed E-state index contributed by atoms with van der Waals surface area (Å²) >= 11 is 0. The highest BCUT2D eigenvalue weighted by Crippen LogP contribution is 2.19. The predicted molar refractivity (Wildman–Crippen MR) is 62.9 cm³/mol. The lowest BCUT2D eigenvalue weighted by atomic mass is 9.93. The molecule has 0 aromatic heterocycles. The van der Waals surface area contributed by atoms with E-state index in [1.54, 1.807) is 0 Å². The largest absolute Gasteiger partial charge is 0.378 e. The van der Waals surface area contributed by atoms with Crippen LogP contribution in [-0.2, 0) is 4.74 Å². The summed E-state index contributed by atoms with van der Waals surface area (Å²) in [5, 5.41) is 3.71. The normalized spacial score (nSPS) is 36.7.